The van der Waals surface area contributed by atoms with Crippen molar-refractivity contribution in [2.75, 3.05) is 37.6 Å². The molecule has 1 atom stereocenters. The Balaban J connectivity index is 1.40. The summed E-state index contributed by atoms with van der Waals surface area (Å²) in [4.78, 5) is 4.41. The molecule has 1 aromatic heterocycles. The topological polar surface area (TPSA) is 65.8 Å². The maximum absolute atomic E-state index is 13.2. The van der Waals surface area contributed by atoms with Crippen LogP contribution in [0.4, 0.5) is 10.1 Å². The highest BCUT2D eigenvalue weighted by molar-refractivity contribution is 7.88. The summed E-state index contributed by atoms with van der Waals surface area (Å²) in [7, 11) is -3.54. The van der Waals surface area contributed by atoms with Crippen molar-refractivity contribution in [1.82, 2.24) is 9.62 Å². The lowest BCUT2D eigenvalue weighted by Crippen LogP contribution is -2.49. The van der Waals surface area contributed by atoms with E-state index in [2.05, 4.69) is 14.5 Å². The predicted molar refractivity (Wildman–Crippen MR) is 124 cm³/mol. The number of nitrogens with zero attached hydrogens (tertiary/aromatic N) is 2. The van der Waals surface area contributed by atoms with Crippen molar-refractivity contribution in [3.63, 3.8) is 0 Å². The van der Waals surface area contributed by atoms with E-state index >= 15 is 0 Å². The quantitative estimate of drug-likeness (QED) is 0.530. The minimum atomic E-state index is -3.54. The Hall–Kier alpha value is -2.39. The summed E-state index contributed by atoms with van der Waals surface area (Å²) in [6.07, 6.45) is 1.60. The molecular formula is C23H25ClFN3O3S. The van der Waals surface area contributed by atoms with Gasteiger partial charge in [-0.25, -0.2) is 17.5 Å². The van der Waals surface area contributed by atoms with Crippen molar-refractivity contribution in [2.45, 2.75) is 11.8 Å². The molecular weight excluding hydrogens is 453 g/mol. The highest BCUT2D eigenvalue weighted by Gasteiger charge is 2.28. The predicted octanol–water partition coefficient (Wildman–Crippen LogP) is 4.06. The Morgan fingerprint density at radius 1 is 1.00 bits per heavy atom. The van der Waals surface area contributed by atoms with Gasteiger partial charge in [0.15, 0.2) is 0 Å². The summed E-state index contributed by atoms with van der Waals surface area (Å²) in [6, 6.07) is 16.7. The zero-order valence-electron chi connectivity index (χ0n) is 17.5. The van der Waals surface area contributed by atoms with Crippen molar-refractivity contribution in [2.24, 2.45) is 0 Å². The number of piperazine rings is 1. The smallest absolute Gasteiger partial charge is 0.215 e. The molecule has 2 heterocycles. The molecule has 6 nitrogen and oxygen atoms in total. The standard InChI is InChI=1S/C23H25ClFN3O3S/c24-19-5-3-18(4-6-19)17-32(29,30)26-16-22(23-2-1-15-31-23)28-13-11-27(12-14-28)21-9-7-20(25)8-10-21/h1-10,15,22,26H,11-14,16-17H2. The van der Waals surface area contributed by atoms with Gasteiger partial charge in [0.05, 0.1) is 18.1 Å². The second-order valence-electron chi connectivity index (χ2n) is 7.76. The monoisotopic (exact) mass is 477 g/mol. The highest BCUT2D eigenvalue weighted by atomic mass is 35.5. The fourth-order valence-electron chi connectivity index (χ4n) is 3.89. The molecule has 0 radical (unpaired) electrons. The van der Waals surface area contributed by atoms with E-state index in [1.165, 1.54) is 12.1 Å². The van der Waals surface area contributed by atoms with Gasteiger partial charge in [0.1, 0.15) is 11.6 Å². The first-order chi connectivity index (χ1) is 15.4. The molecule has 2 aromatic carbocycles. The number of benzene rings is 2. The molecule has 3 aromatic rings. The van der Waals surface area contributed by atoms with E-state index in [9.17, 15) is 12.8 Å². The van der Waals surface area contributed by atoms with Gasteiger partial charge in [-0.05, 0) is 54.1 Å². The zero-order valence-corrected chi connectivity index (χ0v) is 19.0. The lowest BCUT2D eigenvalue weighted by atomic mass is 10.1. The Kier molecular flexibility index (Phi) is 7.15. The number of rotatable bonds is 8. The number of sulfonamides is 1. The molecule has 32 heavy (non-hydrogen) atoms. The lowest BCUT2D eigenvalue weighted by molar-refractivity contribution is 0.166. The van der Waals surface area contributed by atoms with Crippen LogP contribution in [0.3, 0.4) is 0 Å². The third kappa shape index (κ3) is 5.89. The molecule has 0 spiro atoms. The fraction of sp³-hybridized carbons (Fsp3) is 0.304. The third-order valence-corrected chi connectivity index (χ3v) is 7.16. The first-order valence-electron chi connectivity index (χ1n) is 10.4. The average Bonchev–Trinajstić information content (AvgIpc) is 3.31. The minimum Gasteiger partial charge on any atom is -0.468 e. The Bertz CT molecular complexity index is 1100. The minimum absolute atomic E-state index is 0.118. The molecule has 0 bridgehead atoms. The average molecular weight is 478 g/mol. The first kappa shape index (κ1) is 22.8. The van der Waals surface area contributed by atoms with Gasteiger partial charge in [0, 0.05) is 43.4 Å². The zero-order chi connectivity index (χ0) is 22.6. The van der Waals surface area contributed by atoms with E-state index in [1.54, 1.807) is 48.7 Å². The van der Waals surface area contributed by atoms with Gasteiger partial charge in [-0.2, -0.15) is 0 Å². The number of anilines is 1. The van der Waals surface area contributed by atoms with Crippen LogP contribution >= 0.6 is 11.6 Å². The van der Waals surface area contributed by atoms with Crippen molar-refractivity contribution in [3.05, 3.63) is 89.1 Å². The largest absolute Gasteiger partial charge is 0.468 e. The van der Waals surface area contributed by atoms with Crippen LogP contribution in [-0.4, -0.2) is 46.0 Å². The summed E-state index contributed by atoms with van der Waals surface area (Å²) in [5.74, 6) is 0.346. The normalized spacial score (nSPS) is 16.2. The van der Waals surface area contributed by atoms with Crippen LogP contribution in [0.2, 0.25) is 5.02 Å². The molecule has 0 saturated carbocycles. The number of halogens is 2. The van der Waals surface area contributed by atoms with Gasteiger partial charge >= 0.3 is 0 Å². The lowest BCUT2D eigenvalue weighted by Gasteiger charge is -2.39. The number of furan rings is 1. The highest BCUT2D eigenvalue weighted by Crippen LogP contribution is 2.25. The summed E-state index contributed by atoms with van der Waals surface area (Å²) in [6.45, 7) is 3.16. The van der Waals surface area contributed by atoms with Crippen LogP contribution in [0.5, 0.6) is 0 Å². The van der Waals surface area contributed by atoms with E-state index in [0.717, 1.165) is 37.6 Å². The van der Waals surface area contributed by atoms with Gasteiger partial charge in [-0.15, -0.1) is 0 Å². The van der Waals surface area contributed by atoms with Crippen LogP contribution in [0.1, 0.15) is 17.4 Å². The number of hydrogen-bond donors (Lipinski definition) is 1. The van der Waals surface area contributed by atoms with Crippen molar-refractivity contribution in [3.8, 4) is 0 Å². The molecule has 1 unspecified atom stereocenters. The molecule has 0 aliphatic carbocycles. The molecule has 4 rings (SSSR count). The van der Waals surface area contributed by atoms with Gasteiger partial charge in [0.25, 0.3) is 0 Å². The van der Waals surface area contributed by atoms with Crippen molar-refractivity contribution >= 4 is 27.3 Å². The Morgan fingerprint density at radius 3 is 2.31 bits per heavy atom. The van der Waals surface area contributed by atoms with E-state index in [1.807, 2.05) is 6.07 Å². The molecule has 1 fully saturated rings. The van der Waals surface area contributed by atoms with Crippen LogP contribution in [0.15, 0.2) is 71.3 Å². The Labute approximate surface area is 192 Å². The second kappa shape index (κ2) is 10.0. The third-order valence-electron chi connectivity index (χ3n) is 5.58. The van der Waals surface area contributed by atoms with E-state index < -0.39 is 10.0 Å². The first-order valence-corrected chi connectivity index (χ1v) is 12.4. The van der Waals surface area contributed by atoms with Gasteiger partial charge in [0.2, 0.25) is 10.0 Å². The fourth-order valence-corrected chi connectivity index (χ4v) is 5.16. The molecule has 9 heteroatoms. The van der Waals surface area contributed by atoms with Crippen LogP contribution in [-0.2, 0) is 15.8 Å². The van der Waals surface area contributed by atoms with Crippen LogP contribution in [0, 0.1) is 5.82 Å². The molecule has 1 aliphatic heterocycles. The van der Waals surface area contributed by atoms with Crippen LogP contribution < -0.4 is 9.62 Å². The second-order valence-corrected chi connectivity index (χ2v) is 10.0. The molecule has 170 valence electrons. The maximum atomic E-state index is 13.2. The molecule has 1 saturated heterocycles. The van der Waals surface area contributed by atoms with E-state index in [-0.39, 0.29) is 24.2 Å². The van der Waals surface area contributed by atoms with Crippen molar-refractivity contribution in [1.29, 1.82) is 0 Å². The van der Waals surface area contributed by atoms with E-state index in [4.69, 9.17) is 16.0 Å². The number of nitrogens with one attached hydrogen (secondary N) is 1. The summed E-state index contributed by atoms with van der Waals surface area (Å²) >= 11 is 5.88. The molecule has 1 aliphatic rings. The van der Waals surface area contributed by atoms with Gasteiger partial charge < -0.3 is 9.32 Å². The summed E-state index contributed by atoms with van der Waals surface area (Å²) < 4.78 is 46.9. The molecule has 1 N–H and O–H groups in total. The number of hydrogen-bond acceptors (Lipinski definition) is 5. The van der Waals surface area contributed by atoms with E-state index in [0.29, 0.717) is 10.6 Å². The van der Waals surface area contributed by atoms with Gasteiger partial charge in [-0.1, -0.05) is 23.7 Å². The van der Waals surface area contributed by atoms with Gasteiger partial charge in [-0.3, -0.25) is 4.90 Å². The Morgan fingerprint density at radius 2 is 1.69 bits per heavy atom. The molecule has 0 amide bonds. The SMILES string of the molecule is O=S(=O)(Cc1ccc(Cl)cc1)NCC(c1ccco1)N1CCN(c2ccc(F)cc2)CC1. The summed E-state index contributed by atoms with van der Waals surface area (Å²) in [5.41, 5.74) is 1.65. The summed E-state index contributed by atoms with van der Waals surface area (Å²) in [5, 5.41) is 0.566. The van der Waals surface area contributed by atoms with Crippen LogP contribution in [0.25, 0.3) is 0 Å². The van der Waals surface area contributed by atoms with Crippen molar-refractivity contribution < 1.29 is 17.2 Å². The maximum Gasteiger partial charge on any atom is 0.215 e.